The van der Waals surface area contributed by atoms with Crippen LogP contribution in [0, 0.1) is 11.5 Å². The van der Waals surface area contributed by atoms with E-state index in [9.17, 15) is 30.0 Å². The lowest BCUT2D eigenvalue weighted by Crippen LogP contribution is -2.62. The monoisotopic (exact) mass is 636 g/mol. The maximum Gasteiger partial charge on any atom is 0.339 e. The van der Waals surface area contributed by atoms with Crippen LogP contribution < -0.4 is 0 Å². The Bertz CT molecular complexity index is 958. The second kappa shape index (κ2) is 16.5. The van der Waals surface area contributed by atoms with Crippen LogP contribution in [0.1, 0.15) is 12.8 Å². The normalized spacial score (nSPS) is 36.4. The standard InChI is InChI=1S/C27H44O15Si/c1-34-20-16(28)19(31)27(42-22(20)24(32)38-10-7-13-43(3,4)5)39-12-11-37-21-17(29)18(30)26(35-2)41-23(21)25(33)40-14-15-8-6-9-36-15/h15-23,26-31H,6,8-12,14H2,1-5H3/t15?,16-,17-,18+,19+,20+,21+,22?,23?,26-,27-/m1/s1. The summed E-state index contributed by atoms with van der Waals surface area (Å²) >= 11 is 0. The highest BCUT2D eigenvalue weighted by molar-refractivity contribution is 6.83. The molecule has 3 aliphatic heterocycles. The number of carbonyl (C=O) groups excluding carboxylic acids is 2. The van der Waals surface area contributed by atoms with Crippen molar-refractivity contribution < 1.29 is 72.6 Å². The molecular formula is C27H44O15Si. The van der Waals surface area contributed by atoms with Crippen molar-refractivity contribution in [3.05, 3.63) is 0 Å². The van der Waals surface area contributed by atoms with Crippen LogP contribution in [-0.4, -0.2) is 155 Å². The van der Waals surface area contributed by atoms with Gasteiger partial charge < -0.3 is 63.1 Å². The second-order valence-corrected chi connectivity index (χ2v) is 16.1. The molecule has 15 nitrogen and oxygen atoms in total. The highest BCUT2D eigenvalue weighted by Crippen LogP contribution is 2.27. The zero-order chi connectivity index (χ0) is 31.7. The fraction of sp³-hybridized carbons (Fsp3) is 0.852. The number of carbonyl (C=O) groups is 2. The largest absolute Gasteiger partial charge is 0.461 e. The van der Waals surface area contributed by atoms with Gasteiger partial charge in [-0.3, -0.25) is 0 Å². The fourth-order valence-electron chi connectivity index (χ4n) is 4.71. The summed E-state index contributed by atoms with van der Waals surface area (Å²) in [7, 11) is 0.811. The molecule has 4 N–H and O–H groups in total. The molecule has 246 valence electrons. The van der Waals surface area contributed by atoms with Gasteiger partial charge in [-0.1, -0.05) is 25.6 Å². The van der Waals surface area contributed by atoms with Gasteiger partial charge in [-0.15, -0.1) is 5.54 Å². The molecule has 0 radical (unpaired) electrons. The molecule has 3 unspecified atom stereocenters. The van der Waals surface area contributed by atoms with Crippen molar-refractivity contribution in [1.82, 2.24) is 0 Å². The number of methoxy groups -OCH3 is 2. The zero-order valence-electron chi connectivity index (χ0n) is 25.1. The van der Waals surface area contributed by atoms with Gasteiger partial charge >= 0.3 is 11.9 Å². The van der Waals surface area contributed by atoms with Crippen LogP contribution in [0.25, 0.3) is 0 Å². The second-order valence-electron chi connectivity index (χ2n) is 11.4. The van der Waals surface area contributed by atoms with Gasteiger partial charge in [0, 0.05) is 20.8 Å². The minimum atomic E-state index is -1.67. The third-order valence-electron chi connectivity index (χ3n) is 6.92. The number of rotatable bonds is 12. The van der Waals surface area contributed by atoms with Crippen molar-refractivity contribution in [2.75, 3.05) is 47.3 Å². The molecule has 0 bridgehead atoms. The first-order valence-corrected chi connectivity index (χ1v) is 17.6. The van der Waals surface area contributed by atoms with E-state index in [1.54, 1.807) is 0 Å². The summed E-state index contributed by atoms with van der Waals surface area (Å²) in [6.07, 6.45) is -13.3. The van der Waals surface area contributed by atoms with E-state index in [4.69, 9.17) is 42.6 Å². The predicted octanol–water partition coefficient (Wildman–Crippen LogP) is -1.91. The molecule has 0 spiro atoms. The molecule has 0 amide bonds. The summed E-state index contributed by atoms with van der Waals surface area (Å²) < 4.78 is 48.4. The van der Waals surface area contributed by atoms with Gasteiger partial charge in [-0.25, -0.2) is 9.59 Å². The van der Waals surface area contributed by atoms with E-state index < -0.39 is 81.4 Å². The van der Waals surface area contributed by atoms with Gasteiger partial charge in [0.25, 0.3) is 0 Å². The molecule has 0 aromatic carbocycles. The van der Waals surface area contributed by atoms with Gasteiger partial charge in [0.15, 0.2) is 31.4 Å². The van der Waals surface area contributed by atoms with Crippen LogP contribution in [0.2, 0.25) is 19.6 Å². The average molecular weight is 637 g/mol. The van der Waals surface area contributed by atoms with Gasteiger partial charge in [0.1, 0.15) is 51.3 Å². The summed E-state index contributed by atoms with van der Waals surface area (Å²) in [5, 5.41) is 42.1. The Morgan fingerprint density at radius 2 is 1.42 bits per heavy atom. The number of hydrogen-bond acceptors (Lipinski definition) is 15. The summed E-state index contributed by atoms with van der Waals surface area (Å²) in [5.41, 5.74) is 3.06. The Morgan fingerprint density at radius 3 is 2.05 bits per heavy atom. The van der Waals surface area contributed by atoms with Crippen molar-refractivity contribution in [3.63, 3.8) is 0 Å². The summed E-state index contributed by atoms with van der Waals surface area (Å²) in [4.78, 5) is 25.5. The molecule has 0 aliphatic carbocycles. The van der Waals surface area contributed by atoms with E-state index in [1.807, 2.05) is 19.6 Å². The van der Waals surface area contributed by atoms with Crippen LogP contribution >= 0.6 is 0 Å². The highest BCUT2D eigenvalue weighted by atomic mass is 28.3. The van der Waals surface area contributed by atoms with Crippen LogP contribution in [0.5, 0.6) is 0 Å². The first kappa shape index (κ1) is 35.8. The summed E-state index contributed by atoms with van der Waals surface area (Å²) in [6.45, 7) is 5.91. The molecule has 11 atom stereocenters. The molecule has 3 aliphatic rings. The van der Waals surface area contributed by atoms with Crippen molar-refractivity contribution in [1.29, 1.82) is 0 Å². The van der Waals surface area contributed by atoms with Crippen LogP contribution in [0.3, 0.4) is 0 Å². The van der Waals surface area contributed by atoms with E-state index in [-0.39, 0.29) is 32.5 Å². The van der Waals surface area contributed by atoms with Gasteiger partial charge in [-0.2, -0.15) is 0 Å². The first-order valence-electron chi connectivity index (χ1n) is 14.1. The molecule has 0 aromatic heterocycles. The van der Waals surface area contributed by atoms with Crippen molar-refractivity contribution in [2.45, 2.75) is 100.0 Å². The Balaban J connectivity index is 1.57. The third-order valence-corrected chi connectivity index (χ3v) is 7.85. The molecular weight excluding hydrogens is 592 g/mol. The lowest BCUT2D eigenvalue weighted by Gasteiger charge is -2.41. The Hall–Kier alpha value is -1.72. The molecule has 16 heteroatoms. The summed E-state index contributed by atoms with van der Waals surface area (Å²) in [6, 6.07) is 0. The van der Waals surface area contributed by atoms with Crippen molar-refractivity contribution >= 4 is 20.0 Å². The molecule has 3 rings (SSSR count). The van der Waals surface area contributed by atoms with E-state index in [0.717, 1.165) is 12.8 Å². The Morgan fingerprint density at radius 1 is 0.814 bits per heavy atom. The van der Waals surface area contributed by atoms with Crippen LogP contribution in [-0.2, 0) is 52.2 Å². The molecule has 0 saturated carbocycles. The molecule has 3 heterocycles. The quantitative estimate of drug-likeness (QED) is 0.0800. The molecule has 43 heavy (non-hydrogen) atoms. The van der Waals surface area contributed by atoms with Crippen molar-refractivity contribution in [3.8, 4) is 11.5 Å². The summed E-state index contributed by atoms with van der Waals surface area (Å²) in [5.74, 6) is 1.09. The lowest BCUT2D eigenvalue weighted by molar-refractivity contribution is -0.308. The maximum absolute atomic E-state index is 12.8. The van der Waals surface area contributed by atoms with Gasteiger partial charge in [-0.05, 0) is 12.8 Å². The maximum atomic E-state index is 12.8. The molecule has 3 saturated heterocycles. The molecule has 3 fully saturated rings. The average Bonchev–Trinajstić information content (AvgIpc) is 3.49. The number of esters is 2. The van der Waals surface area contributed by atoms with Crippen LogP contribution in [0.15, 0.2) is 0 Å². The minimum Gasteiger partial charge on any atom is -0.461 e. The Kier molecular flexibility index (Phi) is 13.8. The van der Waals surface area contributed by atoms with E-state index in [2.05, 4.69) is 11.5 Å². The first-order chi connectivity index (χ1) is 20.4. The number of hydrogen-bond donors (Lipinski definition) is 4. The number of aliphatic hydroxyl groups is 4. The third kappa shape index (κ3) is 9.88. The topological polar surface area (TPSA) is 198 Å². The SMILES string of the molecule is CO[C@@H]1OC(C(=O)OCC2CCCO2)[C@@H](OCCO[C@@H]2OC(C(=O)OCC#C[Si](C)(C)C)[C@@H](OC)[C@H](O)[C@@H]2O)[C@H](O)[C@@H]1O. The Labute approximate surface area is 251 Å². The smallest absolute Gasteiger partial charge is 0.339 e. The lowest BCUT2D eigenvalue weighted by atomic mass is 9.98. The van der Waals surface area contributed by atoms with Crippen molar-refractivity contribution in [2.24, 2.45) is 0 Å². The van der Waals surface area contributed by atoms with Crippen LogP contribution in [0.4, 0.5) is 0 Å². The van der Waals surface area contributed by atoms with E-state index >= 15 is 0 Å². The minimum absolute atomic E-state index is 0.0129. The zero-order valence-corrected chi connectivity index (χ0v) is 26.1. The highest BCUT2D eigenvalue weighted by Gasteiger charge is 2.51. The fourth-order valence-corrected chi connectivity index (χ4v) is 5.31. The van der Waals surface area contributed by atoms with E-state index in [1.165, 1.54) is 14.2 Å². The van der Waals surface area contributed by atoms with Gasteiger partial charge in [0.05, 0.1) is 19.3 Å². The number of aliphatic hydroxyl groups excluding tert-OH is 4. The predicted molar refractivity (Wildman–Crippen MR) is 147 cm³/mol. The van der Waals surface area contributed by atoms with Gasteiger partial charge in [0.2, 0.25) is 0 Å². The molecule has 0 aromatic rings. The number of ether oxygens (including phenoxy) is 9. The van der Waals surface area contributed by atoms with E-state index in [0.29, 0.717) is 6.61 Å².